The van der Waals surface area contributed by atoms with Crippen LogP contribution in [0.2, 0.25) is 0 Å². The van der Waals surface area contributed by atoms with E-state index in [1.54, 1.807) is 29.2 Å². The van der Waals surface area contributed by atoms with Crippen molar-refractivity contribution in [2.45, 2.75) is 4.90 Å². The van der Waals surface area contributed by atoms with Crippen LogP contribution in [0.4, 0.5) is 10.8 Å². The van der Waals surface area contributed by atoms with Crippen LogP contribution in [-0.2, 0) is 19.4 Å². The number of carbonyl (C=O) groups excluding carboxylic acids is 1. The van der Waals surface area contributed by atoms with Crippen LogP contribution in [0.1, 0.15) is 5.56 Å². The van der Waals surface area contributed by atoms with Crippen LogP contribution in [0.3, 0.4) is 0 Å². The number of nitro benzene ring substituents is 1. The number of hydrogen-bond acceptors (Lipinski definition) is 9. The smallest absolute Gasteiger partial charge is 0.270 e. The number of morpholine rings is 1. The zero-order valence-corrected chi connectivity index (χ0v) is 20.6. The van der Waals surface area contributed by atoms with Crippen molar-refractivity contribution in [1.82, 2.24) is 9.88 Å². The summed E-state index contributed by atoms with van der Waals surface area (Å²) >= 11 is 1.24. The Bertz CT molecular complexity index is 1380. The topological polar surface area (TPSA) is 123 Å². The van der Waals surface area contributed by atoms with Crippen molar-refractivity contribution < 1.29 is 22.9 Å². The fourth-order valence-corrected chi connectivity index (χ4v) is 5.36. The number of anilines is 1. The number of amides is 1. The Balaban J connectivity index is 1.62. The molecule has 184 valence electrons. The highest BCUT2D eigenvalue weighted by Crippen LogP contribution is 2.31. The molecule has 4 rings (SSSR count). The number of carbonyl (C=O) groups is 1. The molecule has 0 aliphatic carbocycles. The minimum Gasteiger partial charge on any atom is -0.379 e. The molecule has 1 saturated heterocycles. The number of nitrogens with zero attached hydrogens (tertiary/aromatic N) is 4. The summed E-state index contributed by atoms with van der Waals surface area (Å²) < 4.78 is 29.9. The molecule has 3 aromatic rings. The van der Waals surface area contributed by atoms with Gasteiger partial charge in [-0.3, -0.25) is 24.7 Å². The molecular formula is C23H24N4O6S2. The van der Waals surface area contributed by atoms with Crippen LogP contribution in [-0.4, -0.2) is 74.8 Å². The summed E-state index contributed by atoms with van der Waals surface area (Å²) in [5.74, 6) is -0.327. The van der Waals surface area contributed by atoms with Gasteiger partial charge in [-0.2, -0.15) is 0 Å². The number of non-ortho nitro benzene ring substituents is 1. The quantitative estimate of drug-likeness (QED) is 0.254. The highest BCUT2D eigenvalue weighted by molar-refractivity contribution is 7.90. The Morgan fingerprint density at radius 2 is 2.03 bits per heavy atom. The number of nitro groups is 1. The average Bonchev–Trinajstić information content (AvgIpc) is 3.26. The minimum atomic E-state index is -3.37. The highest BCUT2D eigenvalue weighted by atomic mass is 32.2. The van der Waals surface area contributed by atoms with E-state index in [0.717, 1.165) is 19.3 Å². The van der Waals surface area contributed by atoms with Crippen molar-refractivity contribution in [2.24, 2.45) is 0 Å². The van der Waals surface area contributed by atoms with Crippen molar-refractivity contribution >= 4 is 54.2 Å². The van der Waals surface area contributed by atoms with Crippen molar-refractivity contribution in [3.8, 4) is 0 Å². The lowest BCUT2D eigenvalue weighted by Gasteiger charge is -2.28. The van der Waals surface area contributed by atoms with Crippen molar-refractivity contribution in [3.05, 3.63) is 64.2 Å². The molecule has 0 saturated carbocycles. The second kappa shape index (κ2) is 10.6. The third kappa shape index (κ3) is 6.28. The van der Waals surface area contributed by atoms with Gasteiger partial charge in [-0.05, 0) is 29.8 Å². The first-order chi connectivity index (χ1) is 16.7. The molecule has 1 amide bonds. The second-order valence-corrected chi connectivity index (χ2v) is 11.1. The van der Waals surface area contributed by atoms with Crippen molar-refractivity contribution in [2.75, 3.05) is 50.5 Å². The summed E-state index contributed by atoms with van der Waals surface area (Å²) in [6.07, 6.45) is 4.05. The van der Waals surface area contributed by atoms with E-state index in [2.05, 4.69) is 9.88 Å². The predicted octanol–water partition coefficient (Wildman–Crippen LogP) is 2.99. The molecule has 0 N–H and O–H groups in total. The van der Waals surface area contributed by atoms with Crippen LogP contribution >= 0.6 is 11.3 Å². The zero-order valence-electron chi connectivity index (χ0n) is 19.0. The summed E-state index contributed by atoms with van der Waals surface area (Å²) in [6.45, 7) is 3.79. The molecule has 1 aliphatic heterocycles. The normalized spacial score (nSPS) is 15.0. The molecule has 0 radical (unpaired) electrons. The van der Waals surface area contributed by atoms with Gasteiger partial charge in [0, 0.05) is 50.6 Å². The highest BCUT2D eigenvalue weighted by Gasteiger charge is 2.21. The molecule has 1 aromatic heterocycles. The molecule has 0 spiro atoms. The van der Waals surface area contributed by atoms with Crippen LogP contribution in [0.15, 0.2) is 53.4 Å². The first kappa shape index (κ1) is 24.9. The van der Waals surface area contributed by atoms with E-state index < -0.39 is 14.8 Å². The zero-order chi connectivity index (χ0) is 25.0. The van der Waals surface area contributed by atoms with E-state index in [-0.39, 0.29) is 16.5 Å². The predicted molar refractivity (Wildman–Crippen MR) is 134 cm³/mol. The van der Waals surface area contributed by atoms with E-state index in [0.29, 0.717) is 47.2 Å². The van der Waals surface area contributed by atoms with Gasteiger partial charge < -0.3 is 4.74 Å². The fourth-order valence-electron chi connectivity index (χ4n) is 3.60. The molecule has 35 heavy (non-hydrogen) atoms. The van der Waals surface area contributed by atoms with Gasteiger partial charge in [0.2, 0.25) is 0 Å². The average molecular weight is 517 g/mol. The third-order valence-electron chi connectivity index (χ3n) is 5.52. The Morgan fingerprint density at radius 3 is 2.74 bits per heavy atom. The monoisotopic (exact) mass is 516 g/mol. The fraction of sp³-hybridized carbons (Fsp3) is 0.304. The lowest BCUT2D eigenvalue weighted by molar-refractivity contribution is -0.384. The van der Waals surface area contributed by atoms with E-state index in [9.17, 15) is 23.3 Å². The number of aromatic nitrogens is 1. The Kier molecular flexibility index (Phi) is 7.55. The minimum absolute atomic E-state index is 0.0587. The van der Waals surface area contributed by atoms with Gasteiger partial charge in [0.25, 0.3) is 11.6 Å². The number of thiazole rings is 1. The van der Waals surface area contributed by atoms with E-state index >= 15 is 0 Å². The molecule has 1 fully saturated rings. The molecular weight excluding hydrogens is 492 g/mol. The summed E-state index contributed by atoms with van der Waals surface area (Å²) in [5.41, 5.74) is 1.07. The van der Waals surface area contributed by atoms with Crippen LogP contribution < -0.4 is 4.90 Å². The first-order valence-electron chi connectivity index (χ1n) is 10.9. The number of benzene rings is 2. The maximum absolute atomic E-state index is 13.2. The number of sulfone groups is 1. The first-order valence-corrected chi connectivity index (χ1v) is 13.6. The largest absolute Gasteiger partial charge is 0.379 e. The Labute approximate surface area is 206 Å². The lowest BCUT2D eigenvalue weighted by atomic mass is 10.2. The standard InChI is InChI=1S/C23H24N4O6S2/c1-35(31,32)19-6-7-20-21(16-19)34-23(24-20)26(10-9-25-11-13-33-14-12-25)22(28)8-5-17-3-2-4-18(15-17)27(29)30/h2-8,15-16H,9-14H2,1H3. The summed E-state index contributed by atoms with van der Waals surface area (Å²) in [7, 11) is -3.37. The van der Waals surface area contributed by atoms with Gasteiger partial charge in [0.05, 0.1) is 33.2 Å². The SMILES string of the molecule is CS(=O)(=O)c1ccc2nc(N(CCN3CCOCC3)C(=O)C=Cc3cccc([N+](=O)[O-])c3)sc2c1. The van der Waals surface area contributed by atoms with Crippen LogP contribution in [0.5, 0.6) is 0 Å². The van der Waals surface area contributed by atoms with Gasteiger partial charge in [-0.25, -0.2) is 13.4 Å². The molecule has 0 unspecified atom stereocenters. The van der Waals surface area contributed by atoms with Gasteiger partial charge in [-0.1, -0.05) is 23.5 Å². The molecule has 1 aliphatic rings. The molecule has 2 heterocycles. The molecule has 10 nitrogen and oxygen atoms in total. The Hall–Kier alpha value is -3.19. The second-order valence-electron chi connectivity index (χ2n) is 8.03. The van der Waals surface area contributed by atoms with Crippen LogP contribution in [0.25, 0.3) is 16.3 Å². The lowest BCUT2D eigenvalue weighted by Crippen LogP contribution is -2.42. The van der Waals surface area contributed by atoms with Gasteiger partial charge in [0.1, 0.15) is 0 Å². The van der Waals surface area contributed by atoms with Gasteiger partial charge in [-0.15, -0.1) is 0 Å². The number of fused-ring (bicyclic) bond motifs is 1. The number of rotatable bonds is 8. The van der Waals surface area contributed by atoms with E-state index in [4.69, 9.17) is 4.74 Å². The summed E-state index contributed by atoms with van der Waals surface area (Å²) in [6, 6.07) is 10.7. The molecule has 0 atom stereocenters. The molecule has 2 aromatic carbocycles. The van der Waals surface area contributed by atoms with Crippen molar-refractivity contribution in [1.29, 1.82) is 0 Å². The van der Waals surface area contributed by atoms with E-state index in [1.807, 2.05) is 0 Å². The maximum atomic E-state index is 13.2. The third-order valence-corrected chi connectivity index (χ3v) is 7.67. The van der Waals surface area contributed by atoms with Gasteiger partial charge >= 0.3 is 0 Å². The number of hydrogen-bond donors (Lipinski definition) is 0. The van der Waals surface area contributed by atoms with E-state index in [1.165, 1.54) is 41.7 Å². The maximum Gasteiger partial charge on any atom is 0.270 e. The van der Waals surface area contributed by atoms with Crippen molar-refractivity contribution in [3.63, 3.8) is 0 Å². The Morgan fingerprint density at radius 1 is 1.26 bits per heavy atom. The van der Waals surface area contributed by atoms with Gasteiger partial charge in [0.15, 0.2) is 15.0 Å². The molecule has 0 bridgehead atoms. The molecule has 12 heteroatoms. The summed E-state index contributed by atoms with van der Waals surface area (Å²) in [4.78, 5) is 32.3. The number of ether oxygens (including phenoxy) is 1. The summed E-state index contributed by atoms with van der Waals surface area (Å²) in [5, 5.41) is 11.5. The van der Waals surface area contributed by atoms with Crippen LogP contribution in [0, 0.1) is 10.1 Å².